The first-order valence-electron chi connectivity index (χ1n) is 5.26. The fraction of sp³-hybridized carbons (Fsp3) is 0.417. The largest absolute Gasteiger partial charge is 0.366 e. The molecule has 0 saturated carbocycles. The van der Waals surface area contributed by atoms with Crippen molar-refractivity contribution in [3.63, 3.8) is 0 Å². The lowest BCUT2D eigenvalue weighted by Gasteiger charge is -2.16. The minimum Gasteiger partial charge on any atom is -0.366 e. The molecule has 0 bridgehead atoms. The molecular weight excluding hydrogens is 204 g/mol. The molecule has 82 valence electrons. The normalized spacial score (nSPS) is 11.9. The van der Waals surface area contributed by atoms with Gasteiger partial charge in [-0.05, 0) is 36.2 Å². The number of hydrogen-bond acceptors (Lipinski definition) is 1. The smallest absolute Gasteiger partial charge is 0.170 e. The van der Waals surface area contributed by atoms with E-state index < -0.39 is 0 Å². The fourth-order valence-corrected chi connectivity index (χ4v) is 1.56. The molecule has 3 heteroatoms. The second-order valence-corrected chi connectivity index (χ2v) is 4.01. The number of rotatable bonds is 3. The topological polar surface area (TPSA) is 24.1 Å². The second-order valence-electron chi connectivity index (χ2n) is 3.60. The van der Waals surface area contributed by atoms with E-state index in [1.54, 1.807) is 0 Å². The molecule has 0 amide bonds. The molecule has 0 aliphatic rings. The summed E-state index contributed by atoms with van der Waals surface area (Å²) in [4.78, 5) is 0. The third-order valence-electron chi connectivity index (χ3n) is 2.58. The van der Waals surface area contributed by atoms with Crippen LogP contribution < -0.4 is 10.6 Å². The quantitative estimate of drug-likeness (QED) is 0.768. The molecule has 0 fully saturated rings. The van der Waals surface area contributed by atoms with Crippen molar-refractivity contribution in [1.82, 2.24) is 5.32 Å². The van der Waals surface area contributed by atoms with Gasteiger partial charge in [-0.3, -0.25) is 0 Å². The molecule has 0 saturated heterocycles. The number of thiocarbonyl (C=S) groups is 1. The SMILES string of the molecule is CCC(C)c1ccccc1NC(=S)NC. The summed E-state index contributed by atoms with van der Waals surface area (Å²) in [6.07, 6.45) is 1.13. The Hall–Kier alpha value is -1.09. The molecule has 0 aliphatic heterocycles. The van der Waals surface area contributed by atoms with Crippen LogP contribution in [0, 0.1) is 0 Å². The van der Waals surface area contributed by atoms with E-state index in [0.717, 1.165) is 12.1 Å². The lowest BCUT2D eigenvalue weighted by Crippen LogP contribution is -2.24. The van der Waals surface area contributed by atoms with E-state index in [0.29, 0.717) is 11.0 Å². The van der Waals surface area contributed by atoms with E-state index in [1.807, 2.05) is 13.1 Å². The highest BCUT2D eigenvalue weighted by Crippen LogP contribution is 2.26. The highest BCUT2D eigenvalue weighted by Gasteiger charge is 2.08. The van der Waals surface area contributed by atoms with Gasteiger partial charge in [-0.15, -0.1) is 0 Å². The van der Waals surface area contributed by atoms with E-state index in [9.17, 15) is 0 Å². The van der Waals surface area contributed by atoms with Gasteiger partial charge in [-0.25, -0.2) is 0 Å². The highest BCUT2D eigenvalue weighted by atomic mass is 32.1. The Morgan fingerprint density at radius 1 is 1.40 bits per heavy atom. The summed E-state index contributed by atoms with van der Waals surface area (Å²) in [5.41, 5.74) is 2.42. The van der Waals surface area contributed by atoms with Crippen LogP contribution in [0.4, 0.5) is 5.69 Å². The number of nitrogens with one attached hydrogen (secondary N) is 2. The van der Waals surface area contributed by atoms with Gasteiger partial charge in [0.2, 0.25) is 0 Å². The Kier molecular flexibility index (Phi) is 4.56. The first kappa shape index (κ1) is 12.0. The zero-order chi connectivity index (χ0) is 11.3. The molecule has 0 heterocycles. The van der Waals surface area contributed by atoms with Crippen molar-refractivity contribution in [1.29, 1.82) is 0 Å². The standard InChI is InChI=1S/C12H18N2S/c1-4-9(2)10-7-5-6-8-11(10)14-12(15)13-3/h5-9H,4H2,1-3H3,(H2,13,14,15). The molecule has 0 spiro atoms. The molecule has 0 aromatic heterocycles. The van der Waals surface area contributed by atoms with Crippen LogP contribution in [0.1, 0.15) is 31.7 Å². The Morgan fingerprint density at radius 3 is 2.67 bits per heavy atom. The van der Waals surface area contributed by atoms with Gasteiger partial charge in [0.05, 0.1) is 0 Å². The second kappa shape index (κ2) is 5.71. The van der Waals surface area contributed by atoms with Crippen molar-refractivity contribution in [2.75, 3.05) is 12.4 Å². The van der Waals surface area contributed by atoms with Crippen molar-refractivity contribution in [3.8, 4) is 0 Å². The Bertz CT molecular complexity index is 336. The van der Waals surface area contributed by atoms with Crippen molar-refractivity contribution in [2.45, 2.75) is 26.2 Å². The minimum atomic E-state index is 0.549. The van der Waals surface area contributed by atoms with E-state index in [1.165, 1.54) is 5.56 Å². The maximum atomic E-state index is 5.10. The van der Waals surface area contributed by atoms with E-state index in [-0.39, 0.29) is 0 Å². The molecule has 1 aromatic carbocycles. The molecule has 15 heavy (non-hydrogen) atoms. The molecular formula is C12H18N2S. The summed E-state index contributed by atoms with van der Waals surface area (Å²) >= 11 is 5.10. The van der Waals surface area contributed by atoms with Gasteiger partial charge < -0.3 is 10.6 Å². The summed E-state index contributed by atoms with van der Waals surface area (Å²) < 4.78 is 0. The lowest BCUT2D eigenvalue weighted by molar-refractivity contribution is 0.735. The summed E-state index contributed by atoms with van der Waals surface area (Å²) in [6, 6.07) is 8.29. The van der Waals surface area contributed by atoms with Crippen LogP contribution in [-0.4, -0.2) is 12.2 Å². The van der Waals surface area contributed by atoms with Crippen LogP contribution in [-0.2, 0) is 0 Å². The summed E-state index contributed by atoms with van der Waals surface area (Å²) in [7, 11) is 1.82. The van der Waals surface area contributed by atoms with Crippen LogP contribution in [0.2, 0.25) is 0 Å². The molecule has 1 unspecified atom stereocenters. The van der Waals surface area contributed by atoms with Crippen LogP contribution >= 0.6 is 12.2 Å². The minimum absolute atomic E-state index is 0.549. The number of benzene rings is 1. The van der Waals surface area contributed by atoms with Crippen molar-refractivity contribution < 1.29 is 0 Å². The fourth-order valence-electron chi connectivity index (χ4n) is 1.45. The van der Waals surface area contributed by atoms with Gasteiger partial charge in [0.25, 0.3) is 0 Å². The Morgan fingerprint density at radius 2 is 2.07 bits per heavy atom. The number of para-hydroxylation sites is 1. The van der Waals surface area contributed by atoms with E-state index in [2.05, 4.69) is 42.7 Å². The molecule has 0 aliphatic carbocycles. The average molecular weight is 222 g/mol. The molecule has 2 nitrogen and oxygen atoms in total. The van der Waals surface area contributed by atoms with Crippen LogP contribution in [0.3, 0.4) is 0 Å². The Labute approximate surface area is 97.1 Å². The maximum absolute atomic E-state index is 5.10. The van der Waals surface area contributed by atoms with Crippen molar-refractivity contribution in [3.05, 3.63) is 29.8 Å². The van der Waals surface area contributed by atoms with Crippen molar-refractivity contribution >= 4 is 23.0 Å². The monoisotopic (exact) mass is 222 g/mol. The van der Waals surface area contributed by atoms with Gasteiger partial charge in [0.1, 0.15) is 0 Å². The first-order valence-corrected chi connectivity index (χ1v) is 5.67. The molecule has 1 rings (SSSR count). The Balaban J connectivity index is 2.91. The molecule has 1 aromatic rings. The predicted molar refractivity (Wildman–Crippen MR) is 70.4 cm³/mol. The first-order chi connectivity index (χ1) is 7.19. The van der Waals surface area contributed by atoms with Crippen molar-refractivity contribution in [2.24, 2.45) is 0 Å². The third-order valence-corrected chi connectivity index (χ3v) is 2.89. The highest BCUT2D eigenvalue weighted by molar-refractivity contribution is 7.80. The van der Waals surface area contributed by atoms with Gasteiger partial charge in [-0.1, -0.05) is 32.0 Å². The number of anilines is 1. The van der Waals surface area contributed by atoms with Crippen LogP contribution in [0.5, 0.6) is 0 Å². The van der Waals surface area contributed by atoms with Gasteiger partial charge >= 0.3 is 0 Å². The van der Waals surface area contributed by atoms with Gasteiger partial charge in [0, 0.05) is 12.7 Å². The van der Waals surface area contributed by atoms with E-state index >= 15 is 0 Å². The molecule has 1 atom stereocenters. The predicted octanol–water partition coefficient (Wildman–Crippen LogP) is 3.12. The number of hydrogen-bond donors (Lipinski definition) is 2. The van der Waals surface area contributed by atoms with Gasteiger partial charge in [0.15, 0.2) is 5.11 Å². The summed E-state index contributed by atoms with van der Waals surface area (Å²) in [5.74, 6) is 0.549. The van der Waals surface area contributed by atoms with Crippen LogP contribution in [0.15, 0.2) is 24.3 Å². The van der Waals surface area contributed by atoms with E-state index in [4.69, 9.17) is 12.2 Å². The zero-order valence-corrected chi connectivity index (χ0v) is 10.3. The maximum Gasteiger partial charge on any atom is 0.170 e. The molecule has 0 radical (unpaired) electrons. The molecule has 2 N–H and O–H groups in total. The summed E-state index contributed by atoms with van der Waals surface area (Å²) in [6.45, 7) is 4.42. The third kappa shape index (κ3) is 3.20. The average Bonchev–Trinajstić information content (AvgIpc) is 2.28. The summed E-state index contributed by atoms with van der Waals surface area (Å²) in [5, 5.41) is 6.77. The lowest BCUT2D eigenvalue weighted by atomic mass is 9.97. The van der Waals surface area contributed by atoms with Gasteiger partial charge in [-0.2, -0.15) is 0 Å². The zero-order valence-electron chi connectivity index (χ0n) is 9.50. The van der Waals surface area contributed by atoms with Crippen LogP contribution in [0.25, 0.3) is 0 Å².